The lowest BCUT2D eigenvalue weighted by Crippen LogP contribution is -2.23. The van der Waals surface area contributed by atoms with Gasteiger partial charge in [-0.15, -0.1) is 0 Å². The second-order valence-corrected chi connectivity index (χ2v) is 2.79. The standard InChI is InChI=1S/C9H5F5O2/c1-16-7-3-6(11)5(10)2-4(7)8(15)9(12,13)14/h2-3H,1H3. The first-order valence-electron chi connectivity index (χ1n) is 3.92. The molecule has 0 unspecified atom stereocenters. The van der Waals surface area contributed by atoms with Crippen LogP contribution in [0, 0.1) is 11.6 Å². The van der Waals surface area contributed by atoms with Crippen molar-refractivity contribution in [3.05, 3.63) is 29.3 Å². The van der Waals surface area contributed by atoms with Crippen molar-refractivity contribution in [3.8, 4) is 5.75 Å². The van der Waals surface area contributed by atoms with Crippen LogP contribution in [0.25, 0.3) is 0 Å². The number of alkyl halides is 3. The van der Waals surface area contributed by atoms with Crippen molar-refractivity contribution in [2.75, 3.05) is 7.11 Å². The Morgan fingerprint density at radius 3 is 2.12 bits per heavy atom. The average Bonchev–Trinajstić information content (AvgIpc) is 2.19. The van der Waals surface area contributed by atoms with E-state index in [1.165, 1.54) is 0 Å². The summed E-state index contributed by atoms with van der Waals surface area (Å²) in [5.41, 5.74) is -1.06. The molecule has 0 saturated heterocycles. The summed E-state index contributed by atoms with van der Waals surface area (Å²) >= 11 is 0. The molecule has 2 nitrogen and oxygen atoms in total. The maximum Gasteiger partial charge on any atom is 0.455 e. The van der Waals surface area contributed by atoms with E-state index in [1.807, 2.05) is 0 Å². The lowest BCUT2D eigenvalue weighted by molar-refractivity contribution is -0.0886. The number of halogens is 5. The van der Waals surface area contributed by atoms with Gasteiger partial charge in [-0.05, 0) is 6.07 Å². The molecule has 7 heteroatoms. The van der Waals surface area contributed by atoms with E-state index in [0.29, 0.717) is 6.07 Å². The smallest absolute Gasteiger partial charge is 0.455 e. The topological polar surface area (TPSA) is 26.3 Å². The second-order valence-electron chi connectivity index (χ2n) is 2.79. The van der Waals surface area contributed by atoms with Crippen LogP contribution in [0.4, 0.5) is 22.0 Å². The molecule has 0 aromatic heterocycles. The molecule has 0 fully saturated rings. The third-order valence-electron chi connectivity index (χ3n) is 1.74. The summed E-state index contributed by atoms with van der Waals surface area (Å²) in [5.74, 6) is -5.89. The van der Waals surface area contributed by atoms with Crippen molar-refractivity contribution in [2.45, 2.75) is 6.18 Å². The van der Waals surface area contributed by atoms with Gasteiger partial charge in [0, 0.05) is 6.07 Å². The summed E-state index contributed by atoms with van der Waals surface area (Å²) in [7, 11) is 0.944. The van der Waals surface area contributed by atoms with Gasteiger partial charge in [-0.1, -0.05) is 0 Å². The zero-order valence-corrected chi connectivity index (χ0v) is 7.86. The Hall–Kier alpha value is -1.66. The molecule has 0 aliphatic rings. The minimum atomic E-state index is -5.17. The number of methoxy groups -OCH3 is 1. The molecule has 1 aromatic rings. The molecule has 0 heterocycles. The molecule has 88 valence electrons. The third kappa shape index (κ3) is 2.29. The van der Waals surface area contributed by atoms with Crippen molar-refractivity contribution in [2.24, 2.45) is 0 Å². The van der Waals surface area contributed by atoms with Crippen LogP contribution < -0.4 is 4.74 Å². The average molecular weight is 240 g/mol. The normalized spacial score (nSPS) is 11.4. The minimum absolute atomic E-state index is 0.157. The van der Waals surface area contributed by atoms with E-state index >= 15 is 0 Å². The highest BCUT2D eigenvalue weighted by Gasteiger charge is 2.41. The number of carbonyl (C=O) groups is 1. The number of Topliss-reactive ketones (excluding diaryl/α,β-unsaturated/α-hetero) is 1. The van der Waals surface area contributed by atoms with Gasteiger partial charge in [0.25, 0.3) is 5.78 Å². The zero-order chi connectivity index (χ0) is 12.5. The summed E-state index contributed by atoms with van der Waals surface area (Å²) in [6.45, 7) is 0. The monoisotopic (exact) mass is 240 g/mol. The number of rotatable bonds is 2. The SMILES string of the molecule is COc1cc(F)c(F)cc1C(=O)C(F)(F)F. The van der Waals surface area contributed by atoms with Crippen molar-refractivity contribution in [1.29, 1.82) is 0 Å². The van der Waals surface area contributed by atoms with Crippen molar-refractivity contribution in [3.63, 3.8) is 0 Å². The van der Waals surface area contributed by atoms with E-state index in [4.69, 9.17) is 0 Å². The highest BCUT2D eigenvalue weighted by atomic mass is 19.4. The van der Waals surface area contributed by atoms with Crippen LogP contribution >= 0.6 is 0 Å². The Morgan fingerprint density at radius 2 is 1.69 bits per heavy atom. The highest BCUT2D eigenvalue weighted by Crippen LogP contribution is 2.29. The molecule has 0 saturated carbocycles. The molecule has 1 aromatic carbocycles. The number of carbonyl (C=O) groups excluding carboxylic acids is 1. The van der Waals surface area contributed by atoms with Gasteiger partial charge in [0.05, 0.1) is 12.7 Å². The molecule has 16 heavy (non-hydrogen) atoms. The zero-order valence-electron chi connectivity index (χ0n) is 7.86. The van der Waals surface area contributed by atoms with Gasteiger partial charge in [0.15, 0.2) is 11.6 Å². The van der Waals surface area contributed by atoms with Crippen molar-refractivity contribution >= 4 is 5.78 Å². The summed E-state index contributed by atoms with van der Waals surface area (Å²) < 4.78 is 65.9. The maximum atomic E-state index is 12.7. The first-order chi connectivity index (χ1) is 7.27. The van der Waals surface area contributed by atoms with Crippen LogP contribution in [0.5, 0.6) is 5.75 Å². The van der Waals surface area contributed by atoms with Crippen molar-refractivity contribution < 1.29 is 31.5 Å². The molecular weight excluding hydrogens is 235 g/mol. The highest BCUT2D eigenvalue weighted by molar-refractivity contribution is 6.02. The number of ether oxygens (including phenoxy) is 1. The predicted molar refractivity (Wildman–Crippen MR) is 43.3 cm³/mol. The summed E-state index contributed by atoms with van der Waals surface area (Å²) in [6.07, 6.45) is -5.17. The van der Waals surface area contributed by atoms with Gasteiger partial charge in [-0.3, -0.25) is 4.79 Å². The van der Waals surface area contributed by atoms with Crippen LogP contribution in [0.1, 0.15) is 10.4 Å². The number of hydrogen-bond donors (Lipinski definition) is 0. The fourth-order valence-corrected chi connectivity index (χ4v) is 1.03. The Kier molecular flexibility index (Phi) is 3.16. The van der Waals surface area contributed by atoms with Crippen LogP contribution in [0.15, 0.2) is 12.1 Å². The van der Waals surface area contributed by atoms with Gasteiger partial charge in [-0.2, -0.15) is 13.2 Å². The molecule has 0 spiro atoms. The Labute approximate surface area is 86.6 Å². The fraction of sp³-hybridized carbons (Fsp3) is 0.222. The number of benzene rings is 1. The van der Waals surface area contributed by atoms with E-state index in [0.717, 1.165) is 7.11 Å². The Bertz CT molecular complexity index is 425. The molecule has 0 amide bonds. The number of ketones is 1. The van der Waals surface area contributed by atoms with Gasteiger partial charge in [0.2, 0.25) is 0 Å². The van der Waals surface area contributed by atoms with E-state index in [2.05, 4.69) is 4.74 Å². The third-order valence-corrected chi connectivity index (χ3v) is 1.74. The van der Waals surface area contributed by atoms with E-state index in [1.54, 1.807) is 0 Å². The minimum Gasteiger partial charge on any atom is -0.496 e. The van der Waals surface area contributed by atoms with Crippen LogP contribution in [0.2, 0.25) is 0 Å². The lowest BCUT2D eigenvalue weighted by atomic mass is 10.1. The molecule has 0 aliphatic heterocycles. The largest absolute Gasteiger partial charge is 0.496 e. The molecule has 0 aliphatic carbocycles. The van der Waals surface area contributed by atoms with E-state index in [-0.39, 0.29) is 6.07 Å². The molecule has 0 N–H and O–H groups in total. The van der Waals surface area contributed by atoms with E-state index < -0.39 is 34.9 Å². The molecular formula is C9H5F5O2. The quantitative estimate of drug-likeness (QED) is 0.586. The second kappa shape index (κ2) is 4.07. The summed E-state index contributed by atoms with van der Waals surface area (Å²) in [5, 5.41) is 0. The van der Waals surface area contributed by atoms with Crippen molar-refractivity contribution in [1.82, 2.24) is 0 Å². The first kappa shape index (κ1) is 12.4. The molecule has 0 bridgehead atoms. The molecule has 1 rings (SSSR count). The first-order valence-corrected chi connectivity index (χ1v) is 3.92. The maximum absolute atomic E-state index is 12.7. The molecule has 0 radical (unpaired) electrons. The summed E-state index contributed by atoms with van der Waals surface area (Å²) in [6, 6.07) is 0.540. The number of hydrogen-bond acceptors (Lipinski definition) is 2. The van der Waals surface area contributed by atoms with Gasteiger partial charge in [-0.25, -0.2) is 8.78 Å². The van der Waals surface area contributed by atoms with E-state index in [9.17, 15) is 26.7 Å². The van der Waals surface area contributed by atoms with Crippen LogP contribution in [-0.4, -0.2) is 19.1 Å². The predicted octanol–water partition coefficient (Wildman–Crippen LogP) is 2.72. The molecule has 0 atom stereocenters. The van der Waals surface area contributed by atoms with Gasteiger partial charge >= 0.3 is 6.18 Å². The lowest BCUT2D eigenvalue weighted by Gasteiger charge is -2.10. The Morgan fingerprint density at radius 1 is 1.19 bits per heavy atom. The van der Waals surface area contributed by atoms with Crippen LogP contribution in [-0.2, 0) is 0 Å². The fourth-order valence-electron chi connectivity index (χ4n) is 1.03. The Balaban J connectivity index is 3.33. The van der Waals surface area contributed by atoms with Gasteiger partial charge in [0.1, 0.15) is 5.75 Å². The van der Waals surface area contributed by atoms with Crippen LogP contribution in [0.3, 0.4) is 0 Å². The summed E-state index contributed by atoms with van der Waals surface area (Å²) in [4.78, 5) is 10.8. The van der Waals surface area contributed by atoms with Gasteiger partial charge < -0.3 is 4.74 Å².